The molecule has 212 valence electrons. The number of rotatable bonds is 1. The summed E-state index contributed by atoms with van der Waals surface area (Å²) >= 11 is 0. The largest absolute Gasteiger partial charge is 0.491 e. The maximum absolute atomic E-state index is 14.5. The van der Waals surface area contributed by atoms with Gasteiger partial charge in [-0.25, -0.2) is 14.2 Å². The molecule has 3 saturated heterocycles. The molecule has 4 aliphatic heterocycles. The topological polar surface area (TPSA) is 98.9 Å². The number of aliphatic hydroxyl groups excluding tert-OH is 1. The van der Waals surface area contributed by atoms with Crippen molar-refractivity contribution >= 4 is 23.4 Å². The first-order valence-electron chi connectivity index (χ1n) is 14.1. The molecule has 4 aliphatic rings. The van der Waals surface area contributed by atoms with Gasteiger partial charge in [0.15, 0.2) is 5.65 Å². The number of amides is 1. The van der Waals surface area contributed by atoms with Crippen LogP contribution in [0.3, 0.4) is 0 Å². The van der Waals surface area contributed by atoms with E-state index < -0.39 is 12.0 Å². The molecule has 1 amide bonds. The normalized spacial score (nSPS) is 25.7. The zero-order valence-electron chi connectivity index (χ0n) is 22.6. The highest BCUT2D eigenvalue weighted by Gasteiger charge is 2.36. The van der Waals surface area contributed by atoms with Gasteiger partial charge in [-0.2, -0.15) is 9.61 Å². The number of fused-ring (bicyclic) bond motifs is 5. The molecule has 3 atom stereocenters. The fraction of sp³-hybridized carbons (Fsp3) is 0.536. The Morgan fingerprint density at radius 1 is 1.00 bits per heavy atom. The number of likely N-dealkylation sites (N-methyl/N-ethyl adjacent to an activating group) is 1. The molecular formula is C28H34FN7O4. The first kappa shape index (κ1) is 25.3. The number of aliphatic hydroxyl groups is 1. The smallest absolute Gasteiger partial charge is 0.410 e. The molecule has 2 unspecified atom stereocenters. The van der Waals surface area contributed by atoms with Gasteiger partial charge in [-0.1, -0.05) is 6.42 Å². The van der Waals surface area contributed by atoms with Crippen molar-refractivity contribution in [1.29, 1.82) is 0 Å². The second-order valence-electron chi connectivity index (χ2n) is 11.1. The second kappa shape index (κ2) is 10.1. The van der Waals surface area contributed by atoms with Gasteiger partial charge < -0.3 is 24.4 Å². The number of aromatic nitrogens is 3. The molecule has 0 saturated carbocycles. The van der Waals surface area contributed by atoms with Crippen LogP contribution in [0.5, 0.6) is 5.75 Å². The van der Waals surface area contributed by atoms with Crippen LogP contribution in [0, 0.1) is 5.82 Å². The van der Waals surface area contributed by atoms with Gasteiger partial charge in [0.1, 0.15) is 48.7 Å². The first-order valence-corrected chi connectivity index (χ1v) is 14.1. The lowest BCUT2D eigenvalue weighted by Crippen LogP contribution is -2.42. The standard InChI is InChI=1S/C28H34FN7O4/c1-32-11-12-34-19(17-40-28(34)38)16-39-23-7-6-18(29)13-20(23)27(37)35-10-3-2-5-22(35)21-14-25-30-24(33-8-4-9-33)15-26(32)36(25)31-21/h6-7,13-15,19,22,27,37H,2-5,8-12,16-17H2,1H3/t19?,22-,27?/m0/s1. The summed E-state index contributed by atoms with van der Waals surface area (Å²) in [6.07, 6.45) is 2.37. The summed E-state index contributed by atoms with van der Waals surface area (Å²) in [6.45, 7) is 3.92. The summed E-state index contributed by atoms with van der Waals surface area (Å²) in [5.74, 6) is 1.72. The Bertz CT molecular complexity index is 1430. The lowest BCUT2D eigenvalue weighted by molar-refractivity contribution is -0.0472. The average Bonchev–Trinajstić information content (AvgIpc) is 3.51. The van der Waals surface area contributed by atoms with E-state index in [-0.39, 0.29) is 31.4 Å². The van der Waals surface area contributed by atoms with E-state index in [1.54, 1.807) is 11.0 Å². The van der Waals surface area contributed by atoms with Crippen molar-refractivity contribution in [3.05, 3.63) is 47.4 Å². The number of carbonyl (C=O) groups is 1. The van der Waals surface area contributed by atoms with Crippen LogP contribution in [0.4, 0.5) is 20.8 Å². The fourth-order valence-corrected chi connectivity index (χ4v) is 6.16. The van der Waals surface area contributed by atoms with E-state index in [0.29, 0.717) is 30.9 Å². The van der Waals surface area contributed by atoms with Crippen LogP contribution in [0.15, 0.2) is 30.3 Å². The summed E-state index contributed by atoms with van der Waals surface area (Å²) in [6, 6.07) is 7.79. The van der Waals surface area contributed by atoms with E-state index in [9.17, 15) is 14.3 Å². The number of cyclic esters (lactones) is 1. The minimum absolute atomic E-state index is 0.170. The van der Waals surface area contributed by atoms with Crippen molar-refractivity contribution < 1.29 is 23.8 Å². The number of halogens is 1. The molecular weight excluding hydrogens is 517 g/mol. The summed E-state index contributed by atoms with van der Waals surface area (Å²) in [5.41, 5.74) is 1.91. The van der Waals surface area contributed by atoms with Crippen molar-refractivity contribution in [3.63, 3.8) is 0 Å². The monoisotopic (exact) mass is 551 g/mol. The van der Waals surface area contributed by atoms with Gasteiger partial charge in [-0.3, -0.25) is 9.80 Å². The maximum atomic E-state index is 14.5. The Morgan fingerprint density at radius 2 is 1.85 bits per heavy atom. The number of carbonyl (C=O) groups excluding carboxylic acids is 1. The molecule has 6 heterocycles. The molecule has 1 aromatic carbocycles. The number of nitrogens with zero attached hydrogens (tertiary/aromatic N) is 7. The van der Waals surface area contributed by atoms with Gasteiger partial charge in [0.25, 0.3) is 0 Å². The predicted octanol–water partition coefficient (Wildman–Crippen LogP) is 2.95. The molecule has 3 aromatic rings. The van der Waals surface area contributed by atoms with Crippen LogP contribution in [0.2, 0.25) is 0 Å². The van der Waals surface area contributed by atoms with Crippen LogP contribution in [-0.4, -0.2) is 94.6 Å². The van der Waals surface area contributed by atoms with Crippen molar-refractivity contribution in [2.75, 3.05) is 62.8 Å². The van der Waals surface area contributed by atoms with E-state index in [1.165, 1.54) is 12.1 Å². The number of ether oxygens (including phenoxy) is 2. The van der Waals surface area contributed by atoms with Crippen LogP contribution >= 0.6 is 0 Å². The zero-order valence-corrected chi connectivity index (χ0v) is 22.6. The Labute approximate surface area is 231 Å². The van der Waals surface area contributed by atoms with Gasteiger partial charge in [0.2, 0.25) is 0 Å². The van der Waals surface area contributed by atoms with E-state index in [1.807, 2.05) is 22.5 Å². The van der Waals surface area contributed by atoms with E-state index >= 15 is 0 Å². The molecule has 12 heteroatoms. The molecule has 40 heavy (non-hydrogen) atoms. The Balaban J connectivity index is 1.35. The SMILES string of the molecule is CN1CCN2C(=O)OCC2COc2ccc(F)cc2C(O)N2CCCC[C@H]2c2cc3nc(N4CCC4)cc1n3n2. The van der Waals surface area contributed by atoms with Gasteiger partial charge in [-0.05, 0) is 37.5 Å². The van der Waals surface area contributed by atoms with Crippen molar-refractivity contribution in [2.24, 2.45) is 0 Å². The van der Waals surface area contributed by atoms with Gasteiger partial charge >= 0.3 is 6.09 Å². The van der Waals surface area contributed by atoms with E-state index in [0.717, 1.165) is 61.7 Å². The quantitative estimate of drug-likeness (QED) is 0.490. The van der Waals surface area contributed by atoms with Crippen LogP contribution in [0.1, 0.15) is 49.2 Å². The lowest BCUT2D eigenvalue weighted by atomic mass is 9.97. The third kappa shape index (κ3) is 4.39. The molecule has 11 nitrogen and oxygen atoms in total. The number of hydrogen-bond acceptors (Lipinski definition) is 9. The maximum Gasteiger partial charge on any atom is 0.410 e. The minimum Gasteiger partial charge on any atom is -0.491 e. The number of hydrogen-bond donors (Lipinski definition) is 1. The molecule has 1 N–H and O–H groups in total. The molecule has 2 aromatic heterocycles. The van der Waals surface area contributed by atoms with Gasteiger partial charge in [0.05, 0.1) is 11.7 Å². The van der Waals surface area contributed by atoms with Crippen LogP contribution in [-0.2, 0) is 4.74 Å². The van der Waals surface area contributed by atoms with E-state index in [2.05, 4.69) is 15.9 Å². The molecule has 3 fully saturated rings. The third-order valence-electron chi connectivity index (χ3n) is 8.62. The summed E-state index contributed by atoms with van der Waals surface area (Å²) in [5, 5.41) is 16.7. The van der Waals surface area contributed by atoms with Gasteiger partial charge in [0, 0.05) is 57.5 Å². The Morgan fingerprint density at radius 3 is 2.67 bits per heavy atom. The summed E-state index contributed by atoms with van der Waals surface area (Å²) < 4.78 is 27.9. The Kier molecular flexibility index (Phi) is 6.38. The molecule has 7 rings (SSSR count). The molecule has 2 bridgehead atoms. The van der Waals surface area contributed by atoms with Crippen LogP contribution < -0.4 is 14.5 Å². The first-order chi connectivity index (χ1) is 19.5. The van der Waals surface area contributed by atoms with Gasteiger partial charge in [-0.15, -0.1) is 0 Å². The number of benzene rings is 1. The second-order valence-corrected chi connectivity index (χ2v) is 11.1. The van der Waals surface area contributed by atoms with Crippen LogP contribution in [0.25, 0.3) is 5.65 Å². The fourth-order valence-electron chi connectivity index (χ4n) is 6.16. The summed E-state index contributed by atoms with van der Waals surface area (Å²) in [7, 11) is 1.99. The highest BCUT2D eigenvalue weighted by atomic mass is 19.1. The minimum atomic E-state index is -1.10. The van der Waals surface area contributed by atoms with Crippen molar-refractivity contribution in [3.8, 4) is 5.75 Å². The molecule has 0 aliphatic carbocycles. The highest BCUT2D eigenvalue weighted by Crippen LogP contribution is 2.40. The third-order valence-corrected chi connectivity index (χ3v) is 8.62. The van der Waals surface area contributed by atoms with Crippen molar-refractivity contribution in [1.82, 2.24) is 24.4 Å². The van der Waals surface area contributed by atoms with E-state index in [4.69, 9.17) is 19.6 Å². The number of anilines is 2. The zero-order chi connectivity index (χ0) is 27.4. The lowest BCUT2D eigenvalue weighted by Gasteiger charge is -2.38. The molecule has 0 spiro atoms. The molecule has 0 radical (unpaired) electrons. The Hall–Kier alpha value is -3.64. The predicted molar refractivity (Wildman–Crippen MR) is 145 cm³/mol. The number of piperidine rings is 1. The average molecular weight is 552 g/mol. The highest BCUT2D eigenvalue weighted by molar-refractivity contribution is 5.70. The summed E-state index contributed by atoms with van der Waals surface area (Å²) in [4.78, 5) is 25.6. The van der Waals surface area contributed by atoms with Crippen molar-refractivity contribution in [2.45, 2.75) is 44.0 Å².